The van der Waals surface area contributed by atoms with Crippen LogP contribution in [0.15, 0.2) is 54.6 Å². The lowest BCUT2D eigenvalue weighted by atomic mass is 9.75. The van der Waals surface area contributed by atoms with Gasteiger partial charge in [-0.15, -0.1) is 0 Å². The summed E-state index contributed by atoms with van der Waals surface area (Å²) in [6, 6.07) is 20.7. The van der Waals surface area contributed by atoms with Gasteiger partial charge in [0, 0.05) is 5.41 Å². The Morgan fingerprint density at radius 2 is 1.60 bits per heavy atom. The van der Waals surface area contributed by atoms with Gasteiger partial charge in [0.05, 0.1) is 0 Å². The van der Waals surface area contributed by atoms with E-state index in [1.54, 1.807) is 0 Å². The molecule has 0 N–H and O–H groups in total. The number of fused-ring (bicyclic) bond motifs is 6. The molecule has 0 saturated carbocycles. The fraction of sp³-hybridized carbons (Fsp3) is 0.280. The predicted octanol–water partition coefficient (Wildman–Crippen LogP) is 6.63. The summed E-state index contributed by atoms with van der Waals surface area (Å²) in [6.07, 6.45) is 1.14. The van der Waals surface area contributed by atoms with E-state index in [-0.39, 0.29) is 5.41 Å². The quantitative estimate of drug-likeness (QED) is 0.435. The van der Waals surface area contributed by atoms with Crippen LogP contribution in [0.25, 0.3) is 22.3 Å². The third kappa shape index (κ3) is 1.88. The summed E-state index contributed by atoms with van der Waals surface area (Å²) >= 11 is 0. The van der Waals surface area contributed by atoms with E-state index in [0.29, 0.717) is 5.92 Å². The van der Waals surface area contributed by atoms with Crippen molar-refractivity contribution in [3.05, 3.63) is 82.4 Å². The van der Waals surface area contributed by atoms with E-state index in [4.69, 9.17) is 0 Å². The number of benzene rings is 3. The van der Waals surface area contributed by atoms with Crippen molar-refractivity contribution < 1.29 is 0 Å². The van der Waals surface area contributed by atoms with E-state index in [1.165, 1.54) is 50.1 Å². The molecule has 2 aliphatic carbocycles. The Morgan fingerprint density at radius 3 is 2.44 bits per heavy atom. The van der Waals surface area contributed by atoms with E-state index in [9.17, 15) is 0 Å². The van der Waals surface area contributed by atoms with Crippen molar-refractivity contribution in [2.45, 2.75) is 45.4 Å². The lowest BCUT2D eigenvalue weighted by molar-refractivity contribution is 0.652. The van der Waals surface area contributed by atoms with Crippen LogP contribution in [-0.4, -0.2) is 0 Å². The molecule has 5 rings (SSSR count). The SMILES string of the molecule is Cc1cccc2c1C(C)(C)c1cc3c(cc1-2)-c1ccccc1C(C)C3. The third-order valence-electron chi connectivity index (χ3n) is 6.41. The van der Waals surface area contributed by atoms with Crippen LogP contribution in [0.5, 0.6) is 0 Å². The maximum Gasteiger partial charge on any atom is 0.0161 e. The van der Waals surface area contributed by atoms with Crippen LogP contribution in [0.2, 0.25) is 0 Å². The van der Waals surface area contributed by atoms with Gasteiger partial charge in [0.1, 0.15) is 0 Å². The van der Waals surface area contributed by atoms with Crippen molar-refractivity contribution in [2.75, 3.05) is 0 Å². The molecule has 124 valence electrons. The first-order valence-corrected chi connectivity index (χ1v) is 9.35. The largest absolute Gasteiger partial charge is 0.0619 e. The van der Waals surface area contributed by atoms with Crippen LogP contribution in [0.1, 0.15) is 54.5 Å². The number of hydrogen-bond donors (Lipinski definition) is 0. The summed E-state index contributed by atoms with van der Waals surface area (Å²) in [6.45, 7) is 9.39. The Kier molecular flexibility index (Phi) is 2.90. The van der Waals surface area contributed by atoms with Gasteiger partial charge in [0.15, 0.2) is 0 Å². The van der Waals surface area contributed by atoms with Gasteiger partial charge >= 0.3 is 0 Å². The van der Waals surface area contributed by atoms with Crippen molar-refractivity contribution >= 4 is 0 Å². The standard InChI is InChI=1S/C25H24/c1-15-8-7-11-20-22-14-21-17(13-23(22)25(3,4)24(15)20)12-16(2)18-9-5-6-10-19(18)21/h5-11,13-14,16H,12H2,1-4H3. The molecule has 0 aromatic heterocycles. The topological polar surface area (TPSA) is 0 Å². The molecule has 3 aromatic rings. The zero-order valence-electron chi connectivity index (χ0n) is 15.5. The molecule has 0 amide bonds. The summed E-state index contributed by atoms with van der Waals surface area (Å²) in [5.41, 5.74) is 13.3. The van der Waals surface area contributed by atoms with Gasteiger partial charge in [-0.05, 0) is 75.4 Å². The predicted molar refractivity (Wildman–Crippen MR) is 106 cm³/mol. The van der Waals surface area contributed by atoms with Gasteiger partial charge in [-0.25, -0.2) is 0 Å². The van der Waals surface area contributed by atoms with Gasteiger partial charge in [-0.2, -0.15) is 0 Å². The lowest BCUT2D eigenvalue weighted by Gasteiger charge is -2.28. The lowest BCUT2D eigenvalue weighted by Crippen LogP contribution is -2.17. The minimum Gasteiger partial charge on any atom is -0.0619 e. The highest BCUT2D eigenvalue weighted by Crippen LogP contribution is 2.53. The van der Waals surface area contributed by atoms with E-state index < -0.39 is 0 Å². The Morgan fingerprint density at radius 1 is 0.840 bits per heavy atom. The second-order valence-corrected chi connectivity index (χ2v) is 8.37. The van der Waals surface area contributed by atoms with Crippen LogP contribution in [0, 0.1) is 6.92 Å². The summed E-state index contributed by atoms with van der Waals surface area (Å²) in [5.74, 6) is 0.593. The first-order valence-electron chi connectivity index (χ1n) is 9.35. The van der Waals surface area contributed by atoms with Crippen molar-refractivity contribution in [1.82, 2.24) is 0 Å². The minimum atomic E-state index is 0.0885. The van der Waals surface area contributed by atoms with E-state index in [2.05, 4.69) is 82.3 Å². The van der Waals surface area contributed by atoms with Crippen LogP contribution in [0.4, 0.5) is 0 Å². The zero-order valence-corrected chi connectivity index (χ0v) is 15.5. The highest BCUT2D eigenvalue weighted by Gasteiger charge is 2.38. The molecule has 0 heteroatoms. The summed E-state index contributed by atoms with van der Waals surface area (Å²) < 4.78 is 0. The second-order valence-electron chi connectivity index (χ2n) is 8.37. The molecule has 0 bridgehead atoms. The minimum absolute atomic E-state index is 0.0885. The van der Waals surface area contributed by atoms with E-state index >= 15 is 0 Å². The van der Waals surface area contributed by atoms with Gasteiger partial charge < -0.3 is 0 Å². The maximum atomic E-state index is 2.51. The molecule has 25 heavy (non-hydrogen) atoms. The first kappa shape index (κ1) is 15.0. The molecule has 0 heterocycles. The Hall–Kier alpha value is -2.34. The van der Waals surface area contributed by atoms with Crippen LogP contribution in [-0.2, 0) is 11.8 Å². The molecule has 2 aliphatic rings. The Balaban J connectivity index is 1.84. The third-order valence-corrected chi connectivity index (χ3v) is 6.41. The molecule has 1 atom stereocenters. The normalized spacial score (nSPS) is 19.0. The van der Waals surface area contributed by atoms with Gasteiger partial charge in [0.25, 0.3) is 0 Å². The molecule has 1 unspecified atom stereocenters. The first-order chi connectivity index (χ1) is 12.0. The molecule has 0 nitrogen and oxygen atoms in total. The van der Waals surface area contributed by atoms with Crippen LogP contribution in [0.3, 0.4) is 0 Å². The maximum absolute atomic E-state index is 2.51. The van der Waals surface area contributed by atoms with Crippen molar-refractivity contribution in [1.29, 1.82) is 0 Å². The van der Waals surface area contributed by atoms with Crippen LogP contribution >= 0.6 is 0 Å². The molecule has 0 spiro atoms. The molecular formula is C25H24. The fourth-order valence-corrected chi connectivity index (χ4v) is 5.27. The smallest absolute Gasteiger partial charge is 0.0161 e. The molecule has 0 aliphatic heterocycles. The molecular weight excluding hydrogens is 300 g/mol. The number of hydrogen-bond acceptors (Lipinski definition) is 0. The van der Waals surface area contributed by atoms with Crippen molar-refractivity contribution in [3.63, 3.8) is 0 Å². The average Bonchev–Trinajstić information content (AvgIpc) is 2.82. The Bertz CT molecular complexity index is 1020. The van der Waals surface area contributed by atoms with Gasteiger partial charge in [-0.3, -0.25) is 0 Å². The van der Waals surface area contributed by atoms with Gasteiger partial charge in [0.2, 0.25) is 0 Å². The van der Waals surface area contributed by atoms with Crippen molar-refractivity contribution in [2.24, 2.45) is 0 Å². The second kappa shape index (κ2) is 4.85. The van der Waals surface area contributed by atoms with Gasteiger partial charge in [-0.1, -0.05) is 69.3 Å². The summed E-state index contributed by atoms with van der Waals surface area (Å²) in [7, 11) is 0. The average molecular weight is 324 g/mol. The van der Waals surface area contributed by atoms with Crippen LogP contribution < -0.4 is 0 Å². The monoisotopic (exact) mass is 324 g/mol. The summed E-state index contributed by atoms with van der Waals surface area (Å²) in [5, 5.41) is 0. The molecule has 3 aromatic carbocycles. The number of rotatable bonds is 0. The fourth-order valence-electron chi connectivity index (χ4n) is 5.27. The highest BCUT2D eigenvalue weighted by molar-refractivity contribution is 5.87. The van der Waals surface area contributed by atoms with Crippen molar-refractivity contribution in [3.8, 4) is 22.3 Å². The highest BCUT2D eigenvalue weighted by atomic mass is 14.4. The van der Waals surface area contributed by atoms with E-state index in [0.717, 1.165) is 6.42 Å². The number of aryl methyl sites for hydroxylation is 1. The molecule has 0 fully saturated rings. The summed E-state index contributed by atoms with van der Waals surface area (Å²) in [4.78, 5) is 0. The molecule has 0 radical (unpaired) electrons. The molecule has 0 saturated heterocycles. The Labute approximate surface area is 150 Å². The van der Waals surface area contributed by atoms with E-state index in [1.807, 2.05) is 0 Å². The zero-order chi connectivity index (χ0) is 17.3.